The molecule has 29 heavy (non-hydrogen) atoms. The summed E-state index contributed by atoms with van der Waals surface area (Å²) in [5.74, 6) is 0.140. The number of hydrogen-bond acceptors (Lipinski definition) is 5. The summed E-state index contributed by atoms with van der Waals surface area (Å²) in [6.07, 6.45) is 0.464. The van der Waals surface area contributed by atoms with Crippen LogP contribution in [0.15, 0.2) is 48.5 Å². The minimum Gasteiger partial charge on any atom is -0.372 e. The van der Waals surface area contributed by atoms with E-state index in [4.69, 9.17) is 0 Å². The zero-order valence-corrected chi connectivity index (χ0v) is 16.9. The van der Waals surface area contributed by atoms with E-state index in [-0.39, 0.29) is 29.7 Å². The van der Waals surface area contributed by atoms with E-state index in [2.05, 4.69) is 16.0 Å². The first-order valence-corrected chi connectivity index (χ1v) is 9.69. The summed E-state index contributed by atoms with van der Waals surface area (Å²) in [4.78, 5) is 36.0. The SMILES string of the molecule is CC(=O)CCN1c2ccccc2NC(=O)C1C.CC1Nc2ccccc2NC1=O. The highest BCUT2D eigenvalue weighted by Gasteiger charge is 2.28. The van der Waals surface area contributed by atoms with Gasteiger partial charge < -0.3 is 20.9 Å². The summed E-state index contributed by atoms with van der Waals surface area (Å²) in [7, 11) is 0. The Bertz CT molecular complexity index is 928. The fourth-order valence-electron chi connectivity index (χ4n) is 3.27. The van der Waals surface area contributed by atoms with Gasteiger partial charge in [0.2, 0.25) is 11.8 Å². The molecule has 0 radical (unpaired) electrons. The summed E-state index contributed by atoms with van der Waals surface area (Å²) in [5.41, 5.74) is 3.66. The molecule has 2 aromatic carbocycles. The smallest absolute Gasteiger partial charge is 0.246 e. The van der Waals surface area contributed by atoms with Crippen LogP contribution < -0.4 is 20.9 Å². The third-order valence-corrected chi connectivity index (χ3v) is 4.97. The number of rotatable bonds is 3. The molecule has 2 aromatic rings. The van der Waals surface area contributed by atoms with Crippen LogP contribution in [0.3, 0.4) is 0 Å². The van der Waals surface area contributed by atoms with Crippen LogP contribution in [0.25, 0.3) is 0 Å². The lowest BCUT2D eigenvalue weighted by Gasteiger charge is -2.36. The lowest BCUT2D eigenvalue weighted by atomic mass is 10.1. The first kappa shape index (κ1) is 20.4. The van der Waals surface area contributed by atoms with Crippen LogP contribution in [0.5, 0.6) is 0 Å². The Morgan fingerprint density at radius 3 is 2.17 bits per heavy atom. The van der Waals surface area contributed by atoms with Crippen LogP contribution in [0.4, 0.5) is 22.7 Å². The fourth-order valence-corrected chi connectivity index (χ4v) is 3.27. The van der Waals surface area contributed by atoms with E-state index < -0.39 is 0 Å². The molecular weight excluding hydrogens is 368 g/mol. The number of nitrogens with one attached hydrogen (secondary N) is 3. The van der Waals surface area contributed by atoms with Gasteiger partial charge in [0, 0.05) is 13.0 Å². The number of ketones is 1. The molecule has 0 aromatic heterocycles. The molecule has 0 bridgehead atoms. The highest BCUT2D eigenvalue weighted by molar-refractivity contribution is 6.03. The minimum absolute atomic E-state index is 0.0211. The quantitative estimate of drug-likeness (QED) is 0.743. The van der Waals surface area contributed by atoms with Crippen molar-refractivity contribution in [3.8, 4) is 0 Å². The number of nitrogens with zero attached hydrogens (tertiary/aromatic N) is 1. The molecule has 2 amide bonds. The maximum atomic E-state index is 11.8. The van der Waals surface area contributed by atoms with E-state index in [9.17, 15) is 14.4 Å². The van der Waals surface area contributed by atoms with Crippen LogP contribution in [-0.4, -0.2) is 36.2 Å². The van der Waals surface area contributed by atoms with Crippen molar-refractivity contribution in [2.24, 2.45) is 0 Å². The van der Waals surface area contributed by atoms with E-state index in [0.717, 1.165) is 22.7 Å². The molecule has 7 nitrogen and oxygen atoms in total. The van der Waals surface area contributed by atoms with Gasteiger partial charge in [-0.3, -0.25) is 14.4 Å². The second-order valence-electron chi connectivity index (χ2n) is 7.23. The normalized spacial score (nSPS) is 19.5. The predicted molar refractivity (Wildman–Crippen MR) is 115 cm³/mol. The lowest BCUT2D eigenvalue weighted by molar-refractivity contribution is -0.118. The maximum Gasteiger partial charge on any atom is 0.246 e. The number of benzene rings is 2. The second kappa shape index (κ2) is 8.77. The molecule has 0 saturated heterocycles. The van der Waals surface area contributed by atoms with Crippen molar-refractivity contribution in [2.75, 3.05) is 27.4 Å². The Labute approximate surface area is 170 Å². The Morgan fingerprint density at radius 1 is 0.897 bits per heavy atom. The molecule has 2 atom stereocenters. The van der Waals surface area contributed by atoms with Gasteiger partial charge in [0.25, 0.3) is 0 Å². The number of hydrogen-bond donors (Lipinski definition) is 3. The van der Waals surface area contributed by atoms with Crippen LogP contribution >= 0.6 is 0 Å². The third kappa shape index (κ3) is 4.74. The molecule has 7 heteroatoms. The number of fused-ring (bicyclic) bond motifs is 2. The van der Waals surface area contributed by atoms with E-state index >= 15 is 0 Å². The van der Waals surface area contributed by atoms with Gasteiger partial charge in [-0.1, -0.05) is 24.3 Å². The Morgan fingerprint density at radius 2 is 1.48 bits per heavy atom. The number of carbonyl (C=O) groups excluding carboxylic acids is 3. The van der Waals surface area contributed by atoms with Crippen LogP contribution in [0, 0.1) is 0 Å². The summed E-state index contributed by atoms with van der Waals surface area (Å²) in [6, 6.07) is 15.0. The van der Waals surface area contributed by atoms with E-state index in [0.29, 0.717) is 13.0 Å². The van der Waals surface area contributed by atoms with E-state index in [1.54, 1.807) is 6.92 Å². The summed E-state index contributed by atoms with van der Waals surface area (Å²) in [6.45, 7) is 5.85. The summed E-state index contributed by atoms with van der Waals surface area (Å²) >= 11 is 0. The highest BCUT2D eigenvalue weighted by Crippen LogP contribution is 2.31. The van der Waals surface area contributed by atoms with Crippen LogP contribution in [-0.2, 0) is 14.4 Å². The summed E-state index contributed by atoms with van der Waals surface area (Å²) < 4.78 is 0. The van der Waals surface area contributed by atoms with Crippen molar-refractivity contribution in [3.63, 3.8) is 0 Å². The lowest BCUT2D eigenvalue weighted by Crippen LogP contribution is -2.46. The third-order valence-electron chi connectivity index (χ3n) is 4.97. The zero-order chi connectivity index (χ0) is 21.0. The van der Waals surface area contributed by atoms with E-state index in [1.807, 2.05) is 67.3 Å². The molecule has 2 aliphatic rings. The fraction of sp³-hybridized carbons (Fsp3) is 0.318. The standard InChI is InChI=1S/C13H16N2O2.C9H10N2O/c1-9(16)7-8-15-10(2)13(17)14-11-5-3-4-6-12(11)15;1-6-9(12)11-8-5-3-2-4-7(8)10-6/h3-6,10H,7-8H2,1-2H3,(H,14,17);2-6,10H,1H3,(H,11,12). The first-order valence-electron chi connectivity index (χ1n) is 9.69. The van der Waals surface area contributed by atoms with Gasteiger partial charge in [-0.25, -0.2) is 0 Å². The largest absolute Gasteiger partial charge is 0.372 e. The van der Waals surface area contributed by atoms with Crippen molar-refractivity contribution in [1.29, 1.82) is 0 Å². The average molecular weight is 394 g/mol. The monoisotopic (exact) mass is 394 g/mol. The number of amides is 2. The average Bonchev–Trinajstić information content (AvgIpc) is 2.69. The summed E-state index contributed by atoms with van der Waals surface area (Å²) in [5, 5.41) is 8.77. The van der Waals surface area contributed by atoms with Crippen LogP contribution in [0.1, 0.15) is 27.2 Å². The molecule has 2 heterocycles. The van der Waals surface area contributed by atoms with Crippen molar-refractivity contribution in [1.82, 2.24) is 0 Å². The van der Waals surface area contributed by atoms with Crippen molar-refractivity contribution < 1.29 is 14.4 Å². The zero-order valence-electron chi connectivity index (χ0n) is 16.9. The minimum atomic E-state index is -0.232. The van der Waals surface area contributed by atoms with Crippen molar-refractivity contribution in [2.45, 2.75) is 39.3 Å². The van der Waals surface area contributed by atoms with Gasteiger partial charge in [0.05, 0.1) is 22.7 Å². The van der Waals surface area contributed by atoms with Gasteiger partial charge in [-0.05, 0) is 45.0 Å². The highest BCUT2D eigenvalue weighted by atomic mass is 16.2. The number of Topliss-reactive ketones (excluding diaryl/α,β-unsaturated/α-hetero) is 1. The van der Waals surface area contributed by atoms with Crippen molar-refractivity contribution in [3.05, 3.63) is 48.5 Å². The molecular formula is C22H26N4O3. The molecule has 2 aliphatic heterocycles. The molecule has 0 saturated carbocycles. The Kier molecular flexibility index (Phi) is 6.16. The molecule has 0 aliphatic carbocycles. The molecule has 2 unspecified atom stereocenters. The van der Waals surface area contributed by atoms with Gasteiger partial charge in [0.15, 0.2) is 0 Å². The topological polar surface area (TPSA) is 90.5 Å². The number of anilines is 4. The van der Waals surface area contributed by atoms with Gasteiger partial charge in [-0.2, -0.15) is 0 Å². The van der Waals surface area contributed by atoms with E-state index in [1.165, 1.54) is 0 Å². The first-order chi connectivity index (χ1) is 13.9. The molecule has 0 fully saturated rings. The predicted octanol–water partition coefficient (Wildman–Crippen LogP) is 3.25. The Balaban J connectivity index is 0.000000176. The number of para-hydroxylation sites is 4. The van der Waals surface area contributed by atoms with Gasteiger partial charge >= 0.3 is 0 Å². The molecule has 0 spiro atoms. The maximum absolute atomic E-state index is 11.8. The molecule has 4 rings (SSSR count). The molecule has 152 valence electrons. The Hall–Kier alpha value is -3.35. The van der Waals surface area contributed by atoms with Crippen LogP contribution in [0.2, 0.25) is 0 Å². The van der Waals surface area contributed by atoms with Gasteiger partial charge in [0.1, 0.15) is 17.9 Å². The van der Waals surface area contributed by atoms with Gasteiger partial charge in [-0.15, -0.1) is 0 Å². The molecule has 3 N–H and O–H groups in total. The number of carbonyl (C=O) groups is 3. The second-order valence-corrected chi connectivity index (χ2v) is 7.23. The van der Waals surface area contributed by atoms with Crippen molar-refractivity contribution >= 4 is 40.3 Å².